The molecule has 0 saturated heterocycles. The SMILES string of the molecule is CC(C)[C@H](NC(=O)COC(=O)C(CC(C)(C)C)CC(C)(C)C)C(=O)N[C@@H](CCCNC(N)=O)C(=O)C(C)(C)C. The maximum atomic E-state index is 13.2. The normalized spacial score (nSPS) is 14.0. The second-order valence-electron chi connectivity index (χ2n) is 14.2. The molecule has 2 atom stereocenters. The van der Waals surface area contributed by atoms with E-state index in [9.17, 15) is 24.0 Å². The minimum atomic E-state index is -0.935. The van der Waals surface area contributed by atoms with Crippen LogP contribution in [0.25, 0.3) is 0 Å². The van der Waals surface area contributed by atoms with Crippen LogP contribution in [0.3, 0.4) is 0 Å². The lowest BCUT2D eigenvalue weighted by Gasteiger charge is -2.30. The number of nitrogens with two attached hydrogens (primary N) is 1. The highest BCUT2D eigenvalue weighted by atomic mass is 16.5. The first kappa shape index (κ1) is 36.4. The minimum absolute atomic E-state index is 0.0883. The number of hydrogen-bond donors (Lipinski definition) is 4. The van der Waals surface area contributed by atoms with Gasteiger partial charge in [0.2, 0.25) is 5.91 Å². The lowest BCUT2D eigenvalue weighted by Crippen LogP contribution is -2.55. The molecule has 0 spiro atoms. The number of rotatable bonds is 14. The molecule has 0 fully saturated rings. The lowest BCUT2D eigenvalue weighted by atomic mass is 9.77. The van der Waals surface area contributed by atoms with Gasteiger partial charge in [-0.3, -0.25) is 19.2 Å². The Hall–Kier alpha value is -2.65. The van der Waals surface area contributed by atoms with Crippen LogP contribution >= 0.6 is 0 Å². The molecule has 0 aliphatic rings. The molecule has 0 radical (unpaired) electrons. The summed E-state index contributed by atoms with van der Waals surface area (Å²) in [6, 6.07) is -2.40. The summed E-state index contributed by atoms with van der Waals surface area (Å²) >= 11 is 0. The molecule has 4 amide bonds. The average molecular weight is 555 g/mol. The molecule has 0 heterocycles. The number of amides is 4. The topological polar surface area (TPSA) is 157 Å². The predicted octanol–water partition coefficient (Wildman–Crippen LogP) is 3.71. The van der Waals surface area contributed by atoms with E-state index in [4.69, 9.17) is 10.5 Å². The summed E-state index contributed by atoms with van der Waals surface area (Å²) in [6.07, 6.45) is 1.97. The van der Waals surface area contributed by atoms with Crippen molar-refractivity contribution < 1.29 is 28.7 Å². The van der Waals surface area contributed by atoms with Crippen LogP contribution in [-0.4, -0.2) is 54.8 Å². The Labute approximate surface area is 235 Å². The molecule has 0 saturated carbocycles. The Morgan fingerprint density at radius 3 is 1.74 bits per heavy atom. The molecule has 226 valence electrons. The van der Waals surface area contributed by atoms with Gasteiger partial charge in [-0.2, -0.15) is 0 Å². The first-order valence-corrected chi connectivity index (χ1v) is 13.9. The number of ether oxygens (including phenoxy) is 1. The predicted molar refractivity (Wildman–Crippen MR) is 153 cm³/mol. The van der Waals surface area contributed by atoms with Gasteiger partial charge in [0.25, 0.3) is 5.91 Å². The standard InChI is InChI=1S/C29H54N4O6/c1-18(2)22(24(36)32-20(23(35)29(9,10)11)13-12-14-31-26(30)38)33-21(34)17-39-25(37)19(15-27(3,4)5)16-28(6,7)8/h18-20,22H,12-17H2,1-11H3,(H,32,36)(H,33,34)(H3,30,31,38)/t20-,22-/m0/s1. The van der Waals surface area contributed by atoms with Gasteiger partial charge in [-0.15, -0.1) is 0 Å². The number of Topliss-reactive ketones (excluding diaryl/α,β-unsaturated/α-hetero) is 1. The molecule has 0 unspecified atom stereocenters. The number of primary amides is 1. The molecule has 0 aromatic rings. The van der Waals surface area contributed by atoms with E-state index in [1.807, 2.05) is 0 Å². The second kappa shape index (κ2) is 15.2. The highest BCUT2D eigenvalue weighted by Crippen LogP contribution is 2.33. The zero-order valence-electron chi connectivity index (χ0n) is 26.1. The largest absolute Gasteiger partial charge is 0.455 e. The molecule has 39 heavy (non-hydrogen) atoms. The van der Waals surface area contributed by atoms with Crippen LogP contribution in [0.2, 0.25) is 0 Å². The third kappa shape index (κ3) is 16.1. The molecule has 0 aliphatic carbocycles. The van der Waals surface area contributed by atoms with E-state index in [1.54, 1.807) is 34.6 Å². The first-order chi connectivity index (χ1) is 17.5. The van der Waals surface area contributed by atoms with Crippen molar-refractivity contribution in [3.05, 3.63) is 0 Å². The van der Waals surface area contributed by atoms with Crippen molar-refractivity contribution in [2.45, 2.75) is 114 Å². The quantitative estimate of drug-likeness (QED) is 0.189. The Balaban J connectivity index is 5.36. The Bertz CT molecular complexity index is 833. The third-order valence-electron chi connectivity index (χ3n) is 6.00. The van der Waals surface area contributed by atoms with Crippen molar-refractivity contribution in [3.8, 4) is 0 Å². The first-order valence-electron chi connectivity index (χ1n) is 13.9. The van der Waals surface area contributed by atoms with Gasteiger partial charge < -0.3 is 26.4 Å². The van der Waals surface area contributed by atoms with E-state index >= 15 is 0 Å². The average Bonchev–Trinajstić information content (AvgIpc) is 2.73. The summed E-state index contributed by atoms with van der Waals surface area (Å²) < 4.78 is 5.39. The van der Waals surface area contributed by atoms with Crippen molar-refractivity contribution in [3.63, 3.8) is 0 Å². The van der Waals surface area contributed by atoms with Crippen LogP contribution in [-0.2, 0) is 23.9 Å². The molecule has 0 bridgehead atoms. The van der Waals surface area contributed by atoms with Gasteiger partial charge in [-0.1, -0.05) is 76.2 Å². The van der Waals surface area contributed by atoms with E-state index in [0.29, 0.717) is 25.7 Å². The minimum Gasteiger partial charge on any atom is -0.455 e. The van der Waals surface area contributed by atoms with Gasteiger partial charge in [0.1, 0.15) is 6.04 Å². The summed E-state index contributed by atoms with van der Waals surface area (Å²) in [5, 5.41) is 7.91. The van der Waals surface area contributed by atoms with Gasteiger partial charge in [0.05, 0.1) is 12.0 Å². The van der Waals surface area contributed by atoms with E-state index in [0.717, 1.165) is 0 Å². The van der Waals surface area contributed by atoms with Crippen molar-refractivity contribution in [1.82, 2.24) is 16.0 Å². The Morgan fingerprint density at radius 1 is 0.821 bits per heavy atom. The molecular weight excluding hydrogens is 500 g/mol. The van der Waals surface area contributed by atoms with E-state index in [-0.39, 0.29) is 35.0 Å². The van der Waals surface area contributed by atoms with Crippen LogP contribution in [0.5, 0.6) is 0 Å². The summed E-state index contributed by atoms with van der Waals surface area (Å²) in [6.45, 7) is 20.9. The van der Waals surface area contributed by atoms with Crippen molar-refractivity contribution >= 4 is 29.6 Å². The van der Waals surface area contributed by atoms with E-state index < -0.39 is 47.9 Å². The van der Waals surface area contributed by atoms with Gasteiger partial charge in [0.15, 0.2) is 12.4 Å². The van der Waals surface area contributed by atoms with Crippen LogP contribution in [0.15, 0.2) is 0 Å². The van der Waals surface area contributed by atoms with Crippen LogP contribution in [0, 0.1) is 28.1 Å². The van der Waals surface area contributed by atoms with Gasteiger partial charge in [0, 0.05) is 12.0 Å². The zero-order valence-corrected chi connectivity index (χ0v) is 26.1. The number of hydrogen-bond acceptors (Lipinski definition) is 6. The molecule has 0 rings (SSSR count). The Morgan fingerprint density at radius 2 is 1.33 bits per heavy atom. The number of esters is 1. The van der Waals surface area contributed by atoms with Crippen molar-refractivity contribution in [2.75, 3.05) is 13.2 Å². The fraction of sp³-hybridized carbons (Fsp3) is 0.828. The fourth-order valence-electron chi connectivity index (χ4n) is 4.29. The molecular formula is C29H54N4O6. The van der Waals surface area contributed by atoms with Crippen LogP contribution < -0.4 is 21.7 Å². The third-order valence-corrected chi connectivity index (χ3v) is 6.00. The smallest absolute Gasteiger partial charge is 0.312 e. The highest BCUT2D eigenvalue weighted by molar-refractivity contribution is 5.95. The summed E-state index contributed by atoms with van der Waals surface area (Å²) in [4.78, 5) is 62.7. The summed E-state index contributed by atoms with van der Waals surface area (Å²) in [5.74, 6) is -2.33. The number of urea groups is 1. The van der Waals surface area contributed by atoms with Gasteiger partial charge in [-0.25, -0.2) is 4.79 Å². The number of nitrogens with one attached hydrogen (secondary N) is 3. The highest BCUT2D eigenvalue weighted by Gasteiger charge is 2.34. The maximum Gasteiger partial charge on any atom is 0.312 e. The van der Waals surface area contributed by atoms with E-state index in [1.165, 1.54) is 0 Å². The molecule has 0 aliphatic heterocycles. The second-order valence-corrected chi connectivity index (χ2v) is 14.2. The van der Waals surface area contributed by atoms with Crippen LogP contribution in [0.1, 0.15) is 102 Å². The number of ketones is 1. The van der Waals surface area contributed by atoms with Gasteiger partial charge in [-0.05, 0) is 42.4 Å². The molecule has 0 aromatic heterocycles. The fourth-order valence-corrected chi connectivity index (χ4v) is 4.29. The summed E-state index contributed by atoms with van der Waals surface area (Å²) in [7, 11) is 0. The number of carbonyl (C=O) groups is 5. The Kier molecular flexibility index (Phi) is 14.2. The van der Waals surface area contributed by atoms with Gasteiger partial charge >= 0.3 is 12.0 Å². The molecule has 0 aromatic carbocycles. The van der Waals surface area contributed by atoms with Crippen molar-refractivity contribution in [2.24, 2.45) is 33.8 Å². The zero-order chi connectivity index (χ0) is 30.8. The van der Waals surface area contributed by atoms with Crippen LogP contribution in [0.4, 0.5) is 4.79 Å². The number of carbonyl (C=O) groups excluding carboxylic acids is 5. The summed E-state index contributed by atoms with van der Waals surface area (Å²) in [5.41, 5.74) is 4.21. The van der Waals surface area contributed by atoms with E-state index in [2.05, 4.69) is 57.5 Å². The lowest BCUT2D eigenvalue weighted by molar-refractivity contribution is -0.155. The maximum absolute atomic E-state index is 13.2. The molecule has 5 N–H and O–H groups in total. The molecule has 10 heteroatoms. The molecule has 10 nitrogen and oxygen atoms in total. The monoisotopic (exact) mass is 554 g/mol. The van der Waals surface area contributed by atoms with Crippen molar-refractivity contribution in [1.29, 1.82) is 0 Å².